The van der Waals surface area contributed by atoms with Crippen molar-refractivity contribution in [1.29, 1.82) is 0 Å². The molecule has 0 radical (unpaired) electrons. The van der Waals surface area contributed by atoms with Crippen molar-refractivity contribution in [1.82, 2.24) is 30.2 Å². The Morgan fingerprint density at radius 2 is 2.04 bits per heavy atom. The quantitative estimate of drug-likeness (QED) is 0.135. The molecule has 2 N–H and O–H groups in total. The van der Waals surface area contributed by atoms with Gasteiger partial charge in [-0.05, 0) is 68.0 Å². The fourth-order valence-corrected chi connectivity index (χ4v) is 7.42. The average molecular weight is 722 g/mol. The molecule has 2 aliphatic rings. The number of alkyl halides is 1. The summed E-state index contributed by atoms with van der Waals surface area (Å²) in [4.78, 5) is 34.4. The zero-order chi connectivity index (χ0) is 37.3. The standard InChI is InChI=1S/C40H38F3N7O3/c1-4-29-32(42)13-12-24-16-28(51)17-30(34(24)29)36-35(43)37-31(19-45-36)38(49-15-9-7-11-27(21-49)46-33(52)5-2)48-39(47-37)53-23-40(3)18-25(41)20-50(40)22-26-10-6-8-14-44-26/h1,5-6,8,10,12-14,16-17,19,25,27,51H,2,7,9,11,15,18,20-23H2,3H3,(H,46,52)/t25-,27?,40+/m1/s1. The molecular weight excluding hydrogens is 683 g/mol. The number of hydrogen-bond acceptors (Lipinski definition) is 9. The molecule has 1 amide bonds. The molecule has 0 bridgehead atoms. The molecule has 0 saturated carbocycles. The maximum absolute atomic E-state index is 17.0. The van der Waals surface area contributed by atoms with E-state index >= 15 is 4.39 Å². The van der Waals surface area contributed by atoms with Crippen molar-refractivity contribution < 1.29 is 27.8 Å². The van der Waals surface area contributed by atoms with E-state index in [-0.39, 0.29) is 76.4 Å². The van der Waals surface area contributed by atoms with E-state index in [2.05, 4.69) is 32.8 Å². The van der Waals surface area contributed by atoms with Crippen molar-refractivity contribution in [2.24, 2.45) is 0 Å². The summed E-state index contributed by atoms with van der Waals surface area (Å²) in [5.74, 6) is 0.641. The number of aromatic hydroxyl groups is 1. The number of terminal acetylenes is 1. The number of hydrogen-bond donors (Lipinski definition) is 2. The minimum Gasteiger partial charge on any atom is -0.508 e. The van der Waals surface area contributed by atoms with E-state index in [9.17, 15) is 18.7 Å². The van der Waals surface area contributed by atoms with Gasteiger partial charge in [0.25, 0.3) is 0 Å². The summed E-state index contributed by atoms with van der Waals surface area (Å²) in [6.45, 7) is 6.94. The van der Waals surface area contributed by atoms with Crippen molar-refractivity contribution in [2.75, 3.05) is 31.1 Å². The highest BCUT2D eigenvalue weighted by atomic mass is 19.1. The fourth-order valence-electron chi connectivity index (χ4n) is 7.42. The molecule has 2 aromatic carbocycles. The summed E-state index contributed by atoms with van der Waals surface area (Å²) in [6.07, 6.45) is 11.4. The van der Waals surface area contributed by atoms with Crippen LogP contribution in [0, 0.1) is 24.0 Å². The lowest BCUT2D eigenvalue weighted by atomic mass is 9.96. The van der Waals surface area contributed by atoms with Gasteiger partial charge in [-0.25, -0.2) is 13.2 Å². The van der Waals surface area contributed by atoms with Crippen molar-refractivity contribution >= 4 is 33.4 Å². The summed E-state index contributed by atoms with van der Waals surface area (Å²) < 4.78 is 53.2. The molecule has 7 rings (SSSR count). The van der Waals surface area contributed by atoms with Gasteiger partial charge in [-0.3, -0.25) is 19.7 Å². The number of benzene rings is 2. The van der Waals surface area contributed by atoms with Crippen LogP contribution in [0.25, 0.3) is 32.9 Å². The third-order valence-electron chi connectivity index (χ3n) is 10.0. The van der Waals surface area contributed by atoms with Gasteiger partial charge < -0.3 is 20.1 Å². The van der Waals surface area contributed by atoms with E-state index in [1.54, 1.807) is 6.20 Å². The zero-order valence-corrected chi connectivity index (χ0v) is 29.2. The Hall–Kier alpha value is -5.74. The lowest BCUT2D eigenvalue weighted by molar-refractivity contribution is -0.117. The number of phenolic OH excluding ortho intramolecular Hbond substituents is 1. The molecule has 272 valence electrons. The second kappa shape index (κ2) is 14.7. The number of halogens is 3. The molecule has 3 aromatic heterocycles. The number of anilines is 1. The summed E-state index contributed by atoms with van der Waals surface area (Å²) in [6, 6.07) is 10.5. The molecule has 13 heteroatoms. The van der Waals surface area contributed by atoms with Crippen LogP contribution in [-0.2, 0) is 11.3 Å². The summed E-state index contributed by atoms with van der Waals surface area (Å²) in [7, 11) is 0. The second-order valence-electron chi connectivity index (χ2n) is 13.8. The van der Waals surface area contributed by atoms with Gasteiger partial charge in [0.05, 0.1) is 22.2 Å². The molecule has 2 saturated heterocycles. The number of phenols is 1. The number of nitrogens with one attached hydrogen (secondary N) is 1. The number of ether oxygens (including phenoxy) is 1. The molecule has 0 spiro atoms. The number of aromatic nitrogens is 4. The van der Waals surface area contributed by atoms with Gasteiger partial charge in [0.15, 0.2) is 5.82 Å². The number of amides is 1. The molecule has 5 heterocycles. The molecule has 1 unspecified atom stereocenters. The van der Waals surface area contributed by atoms with Crippen LogP contribution in [0.1, 0.15) is 43.9 Å². The molecule has 5 aromatic rings. The molecular formula is C40H38F3N7O3. The highest BCUT2D eigenvalue weighted by Crippen LogP contribution is 2.39. The Kier molecular flexibility index (Phi) is 9.90. The Bertz CT molecular complexity index is 2250. The molecule has 53 heavy (non-hydrogen) atoms. The topological polar surface area (TPSA) is 117 Å². The fraction of sp³-hybridized carbons (Fsp3) is 0.325. The van der Waals surface area contributed by atoms with Crippen molar-refractivity contribution in [3.63, 3.8) is 0 Å². The first-order valence-electron chi connectivity index (χ1n) is 17.4. The Morgan fingerprint density at radius 1 is 1.19 bits per heavy atom. The first kappa shape index (κ1) is 35.7. The van der Waals surface area contributed by atoms with Crippen molar-refractivity contribution in [3.05, 3.63) is 90.4 Å². The summed E-state index contributed by atoms with van der Waals surface area (Å²) >= 11 is 0. The Morgan fingerprint density at radius 3 is 2.81 bits per heavy atom. The highest BCUT2D eigenvalue weighted by molar-refractivity contribution is 6.03. The monoisotopic (exact) mass is 721 g/mol. The van der Waals surface area contributed by atoms with Crippen LogP contribution < -0.4 is 15.0 Å². The number of likely N-dealkylation sites (tertiary alicyclic amines) is 1. The minimum absolute atomic E-state index is 0.00915. The molecule has 2 fully saturated rings. The van der Waals surface area contributed by atoms with E-state index in [1.807, 2.05) is 34.9 Å². The third kappa shape index (κ3) is 7.19. The van der Waals surface area contributed by atoms with Crippen LogP contribution in [0.3, 0.4) is 0 Å². The first-order valence-corrected chi connectivity index (χ1v) is 17.4. The molecule has 10 nitrogen and oxygen atoms in total. The number of fused-ring (bicyclic) bond motifs is 2. The van der Waals surface area contributed by atoms with Crippen LogP contribution in [0.5, 0.6) is 11.8 Å². The number of carbonyl (C=O) groups excluding carboxylic acids is 1. The smallest absolute Gasteiger partial charge is 0.319 e. The van der Waals surface area contributed by atoms with Crippen LogP contribution >= 0.6 is 0 Å². The predicted octanol–water partition coefficient (Wildman–Crippen LogP) is 6.25. The normalized spacial score (nSPS) is 20.6. The van der Waals surface area contributed by atoms with Gasteiger partial charge in [0.2, 0.25) is 5.91 Å². The van der Waals surface area contributed by atoms with Gasteiger partial charge in [-0.1, -0.05) is 24.6 Å². The van der Waals surface area contributed by atoms with Crippen LogP contribution in [0.2, 0.25) is 0 Å². The van der Waals surface area contributed by atoms with Gasteiger partial charge >= 0.3 is 6.01 Å². The lowest BCUT2D eigenvalue weighted by Crippen LogP contribution is -2.45. The largest absolute Gasteiger partial charge is 0.508 e. The SMILES string of the molecule is C#Cc1c(F)ccc2cc(O)cc(-c3ncc4c(N5CCCCC(NC(=O)C=C)C5)nc(OC[C@]5(C)C[C@@H](F)CN5Cc5ccccn5)nc4c3F)c12. The maximum Gasteiger partial charge on any atom is 0.319 e. The third-order valence-corrected chi connectivity index (χ3v) is 10.0. The van der Waals surface area contributed by atoms with Crippen LogP contribution in [-0.4, -0.2) is 79.8 Å². The zero-order valence-electron chi connectivity index (χ0n) is 29.2. The summed E-state index contributed by atoms with van der Waals surface area (Å²) in [5, 5.41) is 14.5. The van der Waals surface area contributed by atoms with Crippen LogP contribution in [0.15, 0.2) is 67.5 Å². The van der Waals surface area contributed by atoms with E-state index in [0.29, 0.717) is 37.3 Å². The lowest BCUT2D eigenvalue weighted by Gasteiger charge is -2.34. The van der Waals surface area contributed by atoms with Crippen molar-refractivity contribution in [3.8, 4) is 35.4 Å². The van der Waals surface area contributed by atoms with Gasteiger partial charge in [-0.2, -0.15) is 9.97 Å². The van der Waals surface area contributed by atoms with Crippen molar-refractivity contribution in [2.45, 2.75) is 56.9 Å². The molecule has 2 aliphatic heterocycles. The van der Waals surface area contributed by atoms with E-state index in [1.165, 1.54) is 36.5 Å². The number of rotatable bonds is 9. The Balaban J connectivity index is 1.33. The highest BCUT2D eigenvalue weighted by Gasteiger charge is 2.43. The van der Waals surface area contributed by atoms with Crippen LogP contribution in [0.4, 0.5) is 19.0 Å². The average Bonchev–Trinajstić information content (AvgIpc) is 3.27. The number of pyridine rings is 2. The first-order chi connectivity index (χ1) is 25.6. The van der Waals surface area contributed by atoms with E-state index < -0.39 is 23.3 Å². The predicted molar refractivity (Wildman–Crippen MR) is 196 cm³/mol. The maximum atomic E-state index is 17.0. The molecule has 0 aliphatic carbocycles. The second-order valence-corrected chi connectivity index (χ2v) is 13.8. The molecule has 3 atom stereocenters. The Labute approximate surface area is 304 Å². The van der Waals surface area contributed by atoms with E-state index in [0.717, 1.165) is 18.5 Å². The van der Waals surface area contributed by atoms with E-state index in [4.69, 9.17) is 16.1 Å². The number of carbonyl (C=O) groups is 1. The van der Waals surface area contributed by atoms with Gasteiger partial charge in [0.1, 0.15) is 41.4 Å². The van der Waals surface area contributed by atoms with Gasteiger partial charge in [-0.15, -0.1) is 6.42 Å². The minimum atomic E-state index is -1.10. The van der Waals surface area contributed by atoms with Gasteiger partial charge in [0, 0.05) is 62.0 Å². The summed E-state index contributed by atoms with van der Waals surface area (Å²) in [5.41, 5.74) is -0.357. The number of nitrogens with zero attached hydrogens (tertiary/aromatic N) is 6.